The molecule has 30 heavy (non-hydrogen) atoms. The molecule has 2 N–H and O–H groups in total. The van der Waals surface area contributed by atoms with Gasteiger partial charge in [-0.15, -0.1) is 0 Å². The zero-order valence-electron chi connectivity index (χ0n) is 15.6. The first-order valence-corrected chi connectivity index (χ1v) is 9.93. The fourth-order valence-electron chi connectivity index (χ4n) is 2.92. The number of hydrogen-bond donors (Lipinski definition) is 2. The lowest BCUT2D eigenvalue weighted by molar-refractivity contribution is -0.112. The summed E-state index contributed by atoms with van der Waals surface area (Å²) in [6.45, 7) is 0.257. The first kappa shape index (κ1) is 19.8. The van der Waals surface area contributed by atoms with E-state index in [-0.39, 0.29) is 24.2 Å². The monoisotopic (exact) mass is 422 g/mol. The molecule has 1 heterocycles. The van der Waals surface area contributed by atoms with E-state index in [0.29, 0.717) is 21.7 Å². The quantitative estimate of drug-likeness (QED) is 0.583. The van der Waals surface area contributed by atoms with Gasteiger partial charge in [-0.25, -0.2) is 8.78 Å². The Morgan fingerprint density at radius 3 is 2.57 bits per heavy atom. The highest BCUT2D eigenvalue weighted by Crippen LogP contribution is 2.39. The minimum atomic E-state index is -0.405. The van der Waals surface area contributed by atoms with Crippen LogP contribution in [0, 0.1) is 11.6 Å². The van der Waals surface area contributed by atoms with Crippen molar-refractivity contribution >= 4 is 35.3 Å². The number of hydrogen-bond acceptors (Lipinski definition) is 3. The fourth-order valence-corrected chi connectivity index (χ4v) is 3.84. The van der Waals surface area contributed by atoms with Crippen LogP contribution < -0.4 is 10.6 Å². The number of thioether (sulfide) groups is 1. The maximum absolute atomic E-state index is 13.9. The van der Waals surface area contributed by atoms with Crippen molar-refractivity contribution in [3.8, 4) is 0 Å². The Hall–Kier alpha value is -3.45. The predicted molar refractivity (Wildman–Crippen MR) is 113 cm³/mol. The highest BCUT2D eigenvalue weighted by Gasteiger charge is 2.22. The van der Waals surface area contributed by atoms with Gasteiger partial charge in [0, 0.05) is 22.6 Å². The first-order valence-electron chi connectivity index (χ1n) is 9.12. The normalized spacial score (nSPS) is 14.2. The Morgan fingerprint density at radius 2 is 1.80 bits per heavy atom. The van der Waals surface area contributed by atoms with E-state index in [9.17, 15) is 18.4 Å². The van der Waals surface area contributed by atoms with E-state index in [1.807, 2.05) is 0 Å². The average molecular weight is 422 g/mol. The molecular weight excluding hydrogens is 406 g/mol. The predicted octanol–water partition coefficient (Wildman–Crippen LogP) is 4.98. The van der Waals surface area contributed by atoms with Gasteiger partial charge in [-0.3, -0.25) is 9.59 Å². The van der Waals surface area contributed by atoms with Crippen molar-refractivity contribution < 1.29 is 18.4 Å². The summed E-state index contributed by atoms with van der Waals surface area (Å²) >= 11 is 1.22. The number of rotatable bonds is 4. The molecule has 7 heteroatoms. The molecule has 0 radical (unpaired) electrons. The molecule has 0 spiro atoms. The van der Waals surface area contributed by atoms with E-state index in [0.717, 1.165) is 10.5 Å². The molecule has 0 aliphatic carbocycles. The second-order valence-electron chi connectivity index (χ2n) is 6.61. The van der Waals surface area contributed by atoms with Crippen LogP contribution in [0.2, 0.25) is 0 Å². The van der Waals surface area contributed by atoms with Crippen molar-refractivity contribution in [2.75, 3.05) is 5.32 Å². The molecule has 150 valence electrons. The van der Waals surface area contributed by atoms with Crippen molar-refractivity contribution in [1.29, 1.82) is 0 Å². The maximum atomic E-state index is 13.9. The van der Waals surface area contributed by atoms with Gasteiger partial charge >= 0.3 is 0 Å². The third kappa shape index (κ3) is 4.41. The summed E-state index contributed by atoms with van der Waals surface area (Å²) < 4.78 is 26.8. The summed E-state index contributed by atoms with van der Waals surface area (Å²) in [6.07, 6.45) is 1.50. The van der Waals surface area contributed by atoms with Gasteiger partial charge in [-0.05, 0) is 48.0 Å². The van der Waals surface area contributed by atoms with Gasteiger partial charge in [0.05, 0.1) is 10.6 Å². The second kappa shape index (κ2) is 8.51. The summed E-state index contributed by atoms with van der Waals surface area (Å²) in [7, 11) is 0. The standard InChI is InChI=1S/C23H16F2N2O2S/c24-17-8-5-14(6-9-17)13-26-22(28)16-7-10-20-19(11-16)27-23(29)21(30-20)12-15-3-1-2-4-18(15)25/h1-12H,13H2,(H,26,28)(H,27,29). The third-order valence-corrected chi connectivity index (χ3v) is 5.59. The lowest BCUT2D eigenvalue weighted by atomic mass is 10.1. The molecule has 3 aromatic rings. The average Bonchev–Trinajstić information content (AvgIpc) is 2.75. The number of anilines is 1. The molecule has 0 atom stereocenters. The summed E-state index contributed by atoms with van der Waals surface area (Å²) in [5, 5.41) is 5.52. The summed E-state index contributed by atoms with van der Waals surface area (Å²) in [5.41, 5.74) is 2.01. The Kier molecular flexibility index (Phi) is 5.63. The smallest absolute Gasteiger partial charge is 0.262 e. The molecular formula is C23H16F2N2O2S. The van der Waals surface area contributed by atoms with Gasteiger partial charge in [0.1, 0.15) is 11.6 Å². The molecule has 4 rings (SSSR count). The van der Waals surface area contributed by atoms with Crippen LogP contribution in [0.25, 0.3) is 6.08 Å². The van der Waals surface area contributed by atoms with E-state index >= 15 is 0 Å². The topological polar surface area (TPSA) is 58.2 Å². The fraction of sp³-hybridized carbons (Fsp3) is 0.0435. The van der Waals surface area contributed by atoms with Crippen molar-refractivity contribution in [3.63, 3.8) is 0 Å². The SMILES string of the molecule is O=C1Nc2cc(C(=O)NCc3ccc(F)cc3)ccc2SC1=Cc1ccccc1F. The van der Waals surface area contributed by atoms with Gasteiger partial charge in [-0.1, -0.05) is 42.1 Å². The lowest BCUT2D eigenvalue weighted by Crippen LogP contribution is -2.23. The van der Waals surface area contributed by atoms with Crippen LogP contribution in [-0.4, -0.2) is 11.8 Å². The molecule has 0 saturated heterocycles. The van der Waals surface area contributed by atoms with Crippen LogP contribution in [0.1, 0.15) is 21.5 Å². The van der Waals surface area contributed by atoms with Crippen LogP contribution in [0.15, 0.2) is 76.5 Å². The van der Waals surface area contributed by atoms with E-state index in [1.165, 1.54) is 36.0 Å². The van der Waals surface area contributed by atoms with E-state index in [2.05, 4.69) is 10.6 Å². The van der Waals surface area contributed by atoms with Gasteiger partial charge in [-0.2, -0.15) is 0 Å². The largest absolute Gasteiger partial charge is 0.348 e. The minimum absolute atomic E-state index is 0.257. The highest BCUT2D eigenvalue weighted by atomic mass is 32.2. The van der Waals surface area contributed by atoms with E-state index in [1.54, 1.807) is 48.5 Å². The zero-order valence-corrected chi connectivity index (χ0v) is 16.4. The number of carbonyl (C=O) groups excluding carboxylic acids is 2. The van der Waals surface area contributed by atoms with Crippen molar-refractivity contribution in [1.82, 2.24) is 5.32 Å². The number of halogens is 2. The van der Waals surface area contributed by atoms with Crippen LogP contribution in [-0.2, 0) is 11.3 Å². The number of benzene rings is 3. The summed E-state index contributed by atoms with van der Waals surface area (Å²) in [4.78, 5) is 26.0. The van der Waals surface area contributed by atoms with E-state index in [4.69, 9.17) is 0 Å². The Balaban J connectivity index is 1.49. The highest BCUT2D eigenvalue weighted by molar-refractivity contribution is 8.04. The number of carbonyl (C=O) groups is 2. The maximum Gasteiger partial charge on any atom is 0.262 e. The first-order chi connectivity index (χ1) is 14.5. The van der Waals surface area contributed by atoms with Crippen LogP contribution >= 0.6 is 11.8 Å². The van der Waals surface area contributed by atoms with E-state index < -0.39 is 5.82 Å². The number of fused-ring (bicyclic) bond motifs is 1. The van der Waals surface area contributed by atoms with Crippen LogP contribution in [0.4, 0.5) is 14.5 Å². The Labute approximate surface area is 176 Å². The molecule has 0 bridgehead atoms. The van der Waals surface area contributed by atoms with Gasteiger partial charge in [0.2, 0.25) is 0 Å². The van der Waals surface area contributed by atoms with Gasteiger partial charge in [0.15, 0.2) is 0 Å². The summed E-state index contributed by atoms with van der Waals surface area (Å²) in [6, 6.07) is 17.1. The van der Waals surface area contributed by atoms with Gasteiger partial charge in [0.25, 0.3) is 11.8 Å². The molecule has 4 nitrogen and oxygen atoms in total. The lowest BCUT2D eigenvalue weighted by Gasteiger charge is -2.19. The molecule has 3 aromatic carbocycles. The molecule has 1 aliphatic heterocycles. The Bertz CT molecular complexity index is 1160. The minimum Gasteiger partial charge on any atom is -0.348 e. The zero-order chi connectivity index (χ0) is 21.1. The summed E-state index contributed by atoms with van der Waals surface area (Å²) in [5.74, 6) is -1.41. The number of nitrogens with one attached hydrogen (secondary N) is 2. The van der Waals surface area contributed by atoms with Crippen molar-refractivity contribution in [2.24, 2.45) is 0 Å². The van der Waals surface area contributed by atoms with Crippen molar-refractivity contribution in [3.05, 3.63) is 100.0 Å². The molecule has 0 saturated carbocycles. The van der Waals surface area contributed by atoms with Crippen LogP contribution in [0.3, 0.4) is 0 Å². The van der Waals surface area contributed by atoms with Crippen molar-refractivity contribution in [2.45, 2.75) is 11.4 Å². The molecule has 0 fully saturated rings. The van der Waals surface area contributed by atoms with Gasteiger partial charge < -0.3 is 10.6 Å². The third-order valence-electron chi connectivity index (χ3n) is 4.49. The molecule has 0 aromatic heterocycles. The number of amides is 2. The Morgan fingerprint density at radius 1 is 1.03 bits per heavy atom. The molecule has 2 amide bonds. The molecule has 1 aliphatic rings. The van der Waals surface area contributed by atoms with Crippen LogP contribution in [0.5, 0.6) is 0 Å². The second-order valence-corrected chi connectivity index (χ2v) is 7.69. The molecule has 0 unspecified atom stereocenters.